The van der Waals surface area contributed by atoms with E-state index >= 15 is 0 Å². The fourth-order valence-corrected chi connectivity index (χ4v) is 1.69. The van der Waals surface area contributed by atoms with Gasteiger partial charge in [-0.2, -0.15) is 4.98 Å². The van der Waals surface area contributed by atoms with Crippen molar-refractivity contribution in [2.75, 3.05) is 30.9 Å². The first-order chi connectivity index (χ1) is 10.1. The number of nitrogens with one attached hydrogen (secondary N) is 2. The minimum atomic E-state index is -0.0798. The Morgan fingerprint density at radius 2 is 1.95 bits per heavy atom. The van der Waals surface area contributed by atoms with Crippen LogP contribution in [-0.2, 0) is 11.3 Å². The topological polar surface area (TPSA) is 70.2 Å². The Labute approximate surface area is 124 Å². The summed E-state index contributed by atoms with van der Waals surface area (Å²) in [5.41, 5.74) is 1.07. The van der Waals surface area contributed by atoms with Gasteiger partial charge in [0.1, 0.15) is 5.82 Å². The molecule has 0 aliphatic carbocycles. The van der Waals surface area contributed by atoms with Gasteiger partial charge in [0.15, 0.2) is 0 Å². The second-order valence-electron chi connectivity index (χ2n) is 4.75. The lowest BCUT2D eigenvalue weighted by Gasteiger charge is -2.11. The molecule has 1 aromatic carbocycles. The van der Waals surface area contributed by atoms with Gasteiger partial charge in [0.2, 0.25) is 11.9 Å². The van der Waals surface area contributed by atoms with E-state index in [0.717, 1.165) is 5.56 Å². The third kappa shape index (κ3) is 4.76. The number of anilines is 2. The molecule has 0 atom stereocenters. The molecule has 1 heterocycles. The van der Waals surface area contributed by atoms with Crippen LogP contribution in [0.3, 0.4) is 0 Å². The van der Waals surface area contributed by atoms with Crippen LogP contribution in [-0.4, -0.2) is 36.5 Å². The van der Waals surface area contributed by atoms with E-state index in [9.17, 15) is 4.79 Å². The molecule has 2 aromatic rings. The molecular weight excluding hydrogens is 266 g/mol. The van der Waals surface area contributed by atoms with Gasteiger partial charge in [-0.05, 0) is 11.6 Å². The number of carbonyl (C=O) groups is 1. The van der Waals surface area contributed by atoms with Crippen LogP contribution in [0.15, 0.2) is 42.6 Å². The van der Waals surface area contributed by atoms with Gasteiger partial charge in [0.25, 0.3) is 0 Å². The maximum atomic E-state index is 11.8. The lowest BCUT2D eigenvalue weighted by Crippen LogP contribution is -2.29. The fraction of sp³-hybridized carbons (Fsp3) is 0.267. The molecule has 0 bridgehead atoms. The summed E-state index contributed by atoms with van der Waals surface area (Å²) in [5.74, 6) is 1.15. The standard InChI is InChI=1S/C15H19N5O/c1-20(2)15-16-9-8-13(19-15)17-11-14(21)18-10-12-6-4-3-5-7-12/h3-9H,10-11H2,1-2H3,(H,18,21)(H,16,17,19). The van der Waals surface area contributed by atoms with Crippen LogP contribution in [0.2, 0.25) is 0 Å². The van der Waals surface area contributed by atoms with Crippen molar-refractivity contribution in [2.24, 2.45) is 0 Å². The maximum Gasteiger partial charge on any atom is 0.239 e. The molecule has 1 amide bonds. The molecule has 0 unspecified atom stereocenters. The Morgan fingerprint density at radius 1 is 1.19 bits per heavy atom. The van der Waals surface area contributed by atoms with Crippen molar-refractivity contribution in [2.45, 2.75) is 6.54 Å². The molecule has 1 aromatic heterocycles. The van der Waals surface area contributed by atoms with Gasteiger partial charge in [0, 0.05) is 26.8 Å². The van der Waals surface area contributed by atoms with Crippen molar-refractivity contribution in [3.05, 3.63) is 48.2 Å². The summed E-state index contributed by atoms with van der Waals surface area (Å²) >= 11 is 0. The largest absolute Gasteiger partial charge is 0.361 e. The Hall–Kier alpha value is -2.63. The summed E-state index contributed by atoms with van der Waals surface area (Å²) in [7, 11) is 3.73. The first kappa shape index (κ1) is 14.8. The summed E-state index contributed by atoms with van der Waals surface area (Å²) in [6, 6.07) is 11.5. The molecule has 0 fully saturated rings. The third-order valence-corrected chi connectivity index (χ3v) is 2.81. The van der Waals surface area contributed by atoms with Gasteiger partial charge >= 0.3 is 0 Å². The SMILES string of the molecule is CN(C)c1nccc(NCC(=O)NCc2ccccc2)n1. The Morgan fingerprint density at radius 3 is 2.67 bits per heavy atom. The minimum Gasteiger partial charge on any atom is -0.361 e. The Kier molecular flexibility index (Phi) is 5.09. The summed E-state index contributed by atoms with van der Waals surface area (Å²) in [6.07, 6.45) is 1.66. The minimum absolute atomic E-state index is 0.0798. The number of hydrogen-bond donors (Lipinski definition) is 2. The molecule has 0 aliphatic heterocycles. The van der Waals surface area contributed by atoms with E-state index in [1.807, 2.05) is 44.4 Å². The molecule has 0 radical (unpaired) electrons. The van der Waals surface area contributed by atoms with Gasteiger partial charge < -0.3 is 15.5 Å². The van der Waals surface area contributed by atoms with Crippen LogP contribution in [0.25, 0.3) is 0 Å². The number of nitrogens with zero attached hydrogens (tertiary/aromatic N) is 3. The summed E-state index contributed by atoms with van der Waals surface area (Å²) in [4.78, 5) is 22.0. The van der Waals surface area contributed by atoms with Crippen molar-refractivity contribution in [3.8, 4) is 0 Å². The molecule has 2 N–H and O–H groups in total. The predicted molar refractivity (Wildman–Crippen MR) is 83.1 cm³/mol. The van der Waals surface area contributed by atoms with Crippen LogP contribution < -0.4 is 15.5 Å². The van der Waals surface area contributed by atoms with Crippen molar-refractivity contribution in [3.63, 3.8) is 0 Å². The zero-order chi connectivity index (χ0) is 15.1. The quantitative estimate of drug-likeness (QED) is 0.836. The maximum absolute atomic E-state index is 11.8. The van der Waals surface area contributed by atoms with Gasteiger partial charge in [-0.3, -0.25) is 4.79 Å². The summed E-state index contributed by atoms with van der Waals surface area (Å²) in [6.45, 7) is 0.699. The van der Waals surface area contributed by atoms with E-state index in [1.165, 1.54) is 0 Å². The first-order valence-electron chi connectivity index (χ1n) is 6.70. The van der Waals surface area contributed by atoms with Gasteiger partial charge in [-0.1, -0.05) is 30.3 Å². The van der Waals surface area contributed by atoms with Crippen LogP contribution in [0.5, 0.6) is 0 Å². The van der Waals surface area contributed by atoms with E-state index in [-0.39, 0.29) is 12.5 Å². The Bertz CT molecular complexity index is 586. The molecule has 0 saturated carbocycles. The number of hydrogen-bond acceptors (Lipinski definition) is 5. The molecule has 21 heavy (non-hydrogen) atoms. The van der Waals surface area contributed by atoms with Crippen LogP contribution in [0.4, 0.5) is 11.8 Å². The number of aromatic nitrogens is 2. The van der Waals surface area contributed by atoms with Gasteiger partial charge in [-0.25, -0.2) is 4.98 Å². The number of carbonyl (C=O) groups excluding carboxylic acids is 1. The highest BCUT2D eigenvalue weighted by Gasteiger charge is 2.04. The average molecular weight is 285 g/mol. The molecule has 0 aliphatic rings. The summed E-state index contributed by atoms with van der Waals surface area (Å²) in [5, 5.41) is 5.84. The molecular formula is C15H19N5O. The highest BCUT2D eigenvalue weighted by atomic mass is 16.1. The van der Waals surface area contributed by atoms with Gasteiger partial charge in [0.05, 0.1) is 6.54 Å². The smallest absolute Gasteiger partial charge is 0.239 e. The van der Waals surface area contributed by atoms with E-state index < -0.39 is 0 Å². The summed E-state index contributed by atoms with van der Waals surface area (Å²) < 4.78 is 0. The second-order valence-corrected chi connectivity index (χ2v) is 4.75. The Balaban J connectivity index is 1.80. The van der Waals surface area contributed by atoms with Gasteiger partial charge in [-0.15, -0.1) is 0 Å². The van der Waals surface area contributed by atoms with E-state index in [1.54, 1.807) is 17.2 Å². The monoisotopic (exact) mass is 285 g/mol. The molecule has 0 spiro atoms. The van der Waals surface area contributed by atoms with Crippen LogP contribution in [0, 0.1) is 0 Å². The van der Waals surface area contributed by atoms with Crippen molar-refractivity contribution >= 4 is 17.7 Å². The third-order valence-electron chi connectivity index (χ3n) is 2.81. The highest BCUT2D eigenvalue weighted by molar-refractivity contribution is 5.80. The molecule has 6 heteroatoms. The van der Waals surface area contributed by atoms with E-state index in [4.69, 9.17) is 0 Å². The molecule has 2 rings (SSSR count). The van der Waals surface area contributed by atoms with Crippen molar-refractivity contribution in [1.29, 1.82) is 0 Å². The first-order valence-corrected chi connectivity index (χ1v) is 6.70. The number of benzene rings is 1. The van der Waals surface area contributed by atoms with Crippen LogP contribution in [0.1, 0.15) is 5.56 Å². The molecule has 110 valence electrons. The number of amides is 1. The van der Waals surface area contributed by atoms with Crippen molar-refractivity contribution in [1.82, 2.24) is 15.3 Å². The van der Waals surface area contributed by atoms with Crippen molar-refractivity contribution < 1.29 is 4.79 Å². The fourth-order valence-electron chi connectivity index (χ4n) is 1.69. The normalized spacial score (nSPS) is 10.0. The van der Waals surface area contributed by atoms with E-state index in [0.29, 0.717) is 18.3 Å². The van der Waals surface area contributed by atoms with E-state index in [2.05, 4.69) is 20.6 Å². The van der Waals surface area contributed by atoms with Crippen LogP contribution >= 0.6 is 0 Å². The zero-order valence-electron chi connectivity index (χ0n) is 12.2. The second kappa shape index (κ2) is 7.23. The highest BCUT2D eigenvalue weighted by Crippen LogP contribution is 2.07. The lowest BCUT2D eigenvalue weighted by atomic mass is 10.2. The predicted octanol–water partition coefficient (Wildman–Crippen LogP) is 1.27. The average Bonchev–Trinajstić information content (AvgIpc) is 2.52. The lowest BCUT2D eigenvalue weighted by molar-refractivity contribution is -0.119. The zero-order valence-corrected chi connectivity index (χ0v) is 12.2. The molecule has 6 nitrogen and oxygen atoms in total. The number of rotatable bonds is 6. The molecule has 0 saturated heterocycles.